The van der Waals surface area contributed by atoms with Crippen LogP contribution in [0.25, 0.3) is 0 Å². The van der Waals surface area contributed by atoms with E-state index in [2.05, 4.69) is 19.7 Å². The maximum absolute atomic E-state index is 9.84. The molecular weight excluding hydrogens is 148 g/mol. The summed E-state index contributed by atoms with van der Waals surface area (Å²) in [4.78, 5) is 9.84. The Kier molecular flexibility index (Phi) is 32.1. The van der Waals surface area contributed by atoms with Gasteiger partial charge in [0, 0.05) is 6.42 Å². The van der Waals surface area contributed by atoms with Crippen LogP contribution >= 0.6 is 0 Å². The van der Waals surface area contributed by atoms with Crippen LogP contribution in [0, 0.1) is 0 Å². The van der Waals surface area contributed by atoms with Gasteiger partial charge in [0.1, 0.15) is 6.29 Å². The molecule has 0 aliphatic rings. The van der Waals surface area contributed by atoms with Crippen molar-refractivity contribution in [2.24, 2.45) is 0 Å². The van der Waals surface area contributed by atoms with Gasteiger partial charge in [-0.3, -0.25) is 0 Å². The second-order valence-electron chi connectivity index (χ2n) is 1.44. The van der Waals surface area contributed by atoms with Crippen molar-refractivity contribution in [3.8, 4) is 0 Å². The Morgan fingerprint density at radius 2 is 1.75 bits per heavy atom. The van der Waals surface area contributed by atoms with E-state index < -0.39 is 0 Å². The fourth-order valence-corrected chi connectivity index (χ4v) is 0.415. The lowest BCUT2D eigenvalue weighted by molar-refractivity contribution is -0.107. The molecule has 12 heavy (non-hydrogen) atoms. The monoisotopic (exact) mass is 168 g/mol. The number of carbonyl (C=O) groups excluding carboxylic acids is 1. The van der Waals surface area contributed by atoms with Crippen molar-refractivity contribution >= 4 is 6.29 Å². The van der Waals surface area contributed by atoms with E-state index in [4.69, 9.17) is 0 Å². The molecule has 0 saturated carbocycles. The third-order valence-corrected chi connectivity index (χ3v) is 0.952. The molecule has 0 aliphatic carbocycles. The summed E-state index contributed by atoms with van der Waals surface area (Å²) in [5.41, 5.74) is 0.986. The second kappa shape index (κ2) is 22.5. The molecule has 70 valence electrons. The Balaban J connectivity index is -0.000000175. The lowest BCUT2D eigenvalue weighted by atomic mass is 10.2. The van der Waals surface area contributed by atoms with E-state index in [9.17, 15) is 4.79 Å². The van der Waals surface area contributed by atoms with Crippen molar-refractivity contribution in [2.75, 3.05) is 0 Å². The molecule has 0 aliphatic heterocycles. The quantitative estimate of drug-likeness (QED) is 0.358. The summed E-state index contributed by atoms with van der Waals surface area (Å²) in [5.74, 6) is 0. The Labute approximate surface area is 76.5 Å². The summed E-state index contributed by atoms with van der Waals surface area (Å²) < 4.78 is 0. The molecule has 1 heteroatoms. The summed E-state index contributed by atoms with van der Waals surface area (Å²) in [6, 6.07) is 0. The summed E-state index contributed by atoms with van der Waals surface area (Å²) >= 11 is 0. The lowest BCUT2D eigenvalue weighted by Crippen LogP contribution is -1.76. The highest BCUT2D eigenvalue weighted by Gasteiger charge is 1.83. The normalized spacial score (nSPS) is 8.08. The molecule has 0 amide bonds. The lowest BCUT2D eigenvalue weighted by Gasteiger charge is -1.87. The van der Waals surface area contributed by atoms with Gasteiger partial charge in [-0.05, 0) is 12.5 Å². The molecule has 0 aromatic rings. The molecule has 0 N–H and O–H groups in total. The first kappa shape index (κ1) is 17.1. The van der Waals surface area contributed by atoms with E-state index in [1.165, 1.54) is 0 Å². The molecule has 0 saturated heterocycles. The van der Waals surface area contributed by atoms with E-state index >= 15 is 0 Å². The number of carbonyl (C=O) groups is 1. The predicted octanol–water partition coefficient (Wildman–Crippen LogP) is 3.54. The number of aldehydes is 1. The SMILES string of the molecule is C=C.C=C/C(=C\C)CC=O.CC. The van der Waals surface area contributed by atoms with Crippen molar-refractivity contribution in [2.45, 2.75) is 27.2 Å². The molecule has 0 aromatic heterocycles. The third-order valence-electron chi connectivity index (χ3n) is 0.952. The van der Waals surface area contributed by atoms with Gasteiger partial charge >= 0.3 is 0 Å². The number of allylic oxidation sites excluding steroid dienone is 3. The van der Waals surface area contributed by atoms with Crippen molar-refractivity contribution in [1.29, 1.82) is 0 Å². The molecular formula is C11H20O. The minimum atomic E-state index is 0.486. The molecule has 0 atom stereocenters. The average Bonchev–Trinajstić information content (AvgIpc) is 2.20. The van der Waals surface area contributed by atoms with E-state index in [1.807, 2.05) is 26.8 Å². The van der Waals surface area contributed by atoms with Gasteiger partial charge in [-0.1, -0.05) is 32.6 Å². The van der Waals surface area contributed by atoms with Crippen LogP contribution in [0.3, 0.4) is 0 Å². The summed E-state index contributed by atoms with van der Waals surface area (Å²) in [5, 5.41) is 0. The molecule has 0 spiro atoms. The summed E-state index contributed by atoms with van der Waals surface area (Å²) in [6.07, 6.45) is 4.92. The van der Waals surface area contributed by atoms with Crippen LogP contribution in [0.15, 0.2) is 37.5 Å². The largest absolute Gasteiger partial charge is 0.303 e. The topological polar surface area (TPSA) is 17.1 Å². The summed E-state index contributed by atoms with van der Waals surface area (Å²) in [6.45, 7) is 15.4. The Morgan fingerprint density at radius 3 is 1.83 bits per heavy atom. The minimum Gasteiger partial charge on any atom is -0.303 e. The predicted molar refractivity (Wildman–Crippen MR) is 57.2 cm³/mol. The minimum absolute atomic E-state index is 0.486. The Hall–Kier alpha value is -1.11. The first-order chi connectivity index (χ1) is 5.85. The molecule has 0 fully saturated rings. The zero-order valence-electron chi connectivity index (χ0n) is 8.47. The van der Waals surface area contributed by atoms with Crippen LogP contribution in [0.1, 0.15) is 27.2 Å². The highest BCUT2D eigenvalue weighted by Crippen LogP contribution is 1.97. The van der Waals surface area contributed by atoms with Gasteiger partial charge in [0.15, 0.2) is 0 Å². The number of rotatable bonds is 3. The first-order valence-electron chi connectivity index (χ1n) is 4.06. The van der Waals surface area contributed by atoms with Gasteiger partial charge in [0.2, 0.25) is 0 Å². The van der Waals surface area contributed by atoms with Crippen molar-refractivity contribution < 1.29 is 4.79 Å². The third kappa shape index (κ3) is 16.0. The van der Waals surface area contributed by atoms with E-state index in [1.54, 1.807) is 6.08 Å². The fourth-order valence-electron chi connectivity index (χ4n) is 0.415. The molecule has 0 bridgehead atoms. The summed E-state index contributed by atoms with van der Waals surface area (Å²) in [7, 11) is 0. The maximum atomic E-state index is 9.84. The van der Waals surface area contributed by atoms with Crippen LogP contribution in [-0.2, 0) is 4.79 Å². The maximum Gasteiger partial charge on any atom is 0.124 e. The van der Waals surface area contributed by atoms with Crippen LogP contribution in [0.5, 0.6) is 0 Å². The Bertz CT molecular complexity index is 123. The standard InChI is InChI=1S/C7H10O.C2H6.C2H4/c1-3-7(4-2)5-6-8;2*1-2/h3-4,6H,1,5H2,2H3;1-2H3;1-2H2/b7-4+;;. The molecule has 0 unspecified atom stereocenters. The van der Waals surface area contributed by atoms with E-state index in [0.29, 0.717) is 6.42 Å². The Morgan fingerprint density at radius 1 is 1.33 bits per heavy atom. The molecule has 0 radical (unpaired) electrons. The average molecular weight is 168 g/mol. The molecule has 1 nitrogen and oxygen atoms in total. The van der Waals surface area contributed by atoms with Gasteiger partial charge in [-0.25, -0.2) is 0 Å². The van der Waals surface area contributed by atoms with Gasteiger partial charge in [0.25, 0.3) is 0 Å². The zero-order chi connectivity index (χ0) is 10.4. The van der Waals surface area contributed by atoms with Crippen LogP contribution in [0.2, 0.25) is 0 Å². The van der Waals surface area contributed by atoms with E-state index in [0.717, 1.165) is 11.9 Å². The van der Waals surface area contributed by atoms with Gasteiger partial charge in [-0.15, -0.1) is 13.2 Å². The number of hydrogen-bond donors (Lipinski definition) is 0. The van der Waals surface area contributed by atoms with Crippen LogP contribution < -0.4 is 0 Å². The van der Waals surface area contributed by atoms with Crippen molar-refractivity contribution in [3.05, 3.63) is 37.5 Å². The fraction of sp³-hybridized carbons (Fsp3) is 0.364. The van der Waals surface area contributed by atoms with Crippen LogP contribution in [0.4, 0.5) is 0 Å². The van der Waals surface area contributed by atoms with Gasteiger partial charge in [0.05, 0.1) is 0 Å². The molecule has 0 aromatic carbocycles. The molecule has 0 rings (SSSR count). The van der Waals surface area contributed by atoms with Gasteiger partial charge in [-0.2, -0.15) is 0 Å². The van der Waals surface area contributed by atoms with E-state index in [-0.39, 0.29) is 0 Å². The molecule has 0 heterocycles. The first-order valence-corrected chi connectivity index (χ1v) is 4.06. The second-order valence-corrected chi connectivity index (χ2v) is 1.44. The smallest absolute Gasteiger partial charge is 0.124 e. The number of hydrogen-bond acceptors (Lipinski definition) is 1. The highest BCUT2D eigenvalue weighted by atomic mass is 16.1. The van der Waals surface area contributed by atoms with Crippen molar-refractivity contribution in [3.63, 3.8) is 0 Å². The van der Waals surface area contributed by atoms with Crippen molar-refractivity contribution in [1.82, 2.24) is 0 Å². The van der Waals surface area contributed by atoms with Gasteiger partial charge < -0.3 is 4.79 Å². The highest BCUT2D eigenvalue weighted by molar-refractivity contribution is 5.55. The van der Waals surface area contributed by atoms with Crippen LogP contribution in [-0.4, -0.2) is 6.29 Å². The zero-order valence-corrected chi connectivity index (χ0v) is 8.47.